The maximum atomic E-state index is 12.6. The Morgan fingerprint density at radius 1 is 1.48 bits per heavy atom. The van der Waals surface area contributed by atoms with E-state index in [1.165, 1.54) is 4.57 Å². The van der Waals surface area contributed by atoms with Gasteiger partial charge in [-0.2, -0.15) is 0 Å². The van der Waals surface area contributed by atoms with Crippen LogP contribution in [0.1, 0.15) is 31.6 Å². The Morgan fingerprint density at radius 3 is 2.81 bits per heavy atom. The van der Waals surface area contributed by atoms with Gasteiger partial charge < -0.3 is 5.11 Å². The highest BCUT2D eigenvalue weighted by Gasteiger charge is 2.17. The molecule has 5 heteroatoms. The van der Waals surface area contributed by atoms with Gasteiger partial charge in [0.15, 0.2) is 0 Å². The Hall–Kier alpha value is -2.61. The number of aliphatic carboxylic acids is 1. The average Bonchev–Trinajstić information content (AvgIpc) is 2.48. The van der Waals surface area contributed by atoms with Crippen LogP contribution in [0.2, 0.25) is 0 Å². The molecule has 0 amide bonds. The van der Waals surface area contributed by atoms with Crippen LogP contribution in [-0.2, 0) is 11.2 Å². The molecule has 2 rings (SSSR count). The zero-order valence-corrected chi connectivity index (χ0v) is 11.7. The molecule has 0 radical (unpaired) electrons. The van der Waals surface area contributed by atoms with Crippen molar-refractivity contribution in [3.05, 3.63) is 40.4 Å². The molecule has 108 valence electrons. The van der Waals surface area contributed by atoms with Crippen LogP contribution in [0.4, 0.5) is 0 Å². The molecule has 0 fully saturated rings. The van der Waals surface area contributed by atoms with E-state index in [0.717, 1.165) is 0 Å². The molecular weight excluding hydrogens is 268 g/mol. The van der Waals surface area contributed by atoms with Gasteiger partial charge in [-0.1, -0.05) is 25.0 Å². The van der Waals surface area contributed by atoms with Crippen molar-refractivity contribution in [1.29, 1.82) is 0 Å². The Labute approximate surface area is 122 Å². The minimum atomic E-state index is -0.933. The lowest BCUT2D eigenvalue weighted by atomic mass is 10.1. The smallest absolute Gasteiger partial charge is 0.303 e. The van der Waals surface area contributed by atoms with Gasteiger partial charge in [0.25, 0.3) is 5.56 Å². The molecule has 1 N–H and O–H groups in total. The number of fused-ring (bicyclic) bond motifs is 1. The summed E-state index contributed by atoms with van der Waals surface area (Å²) in [6.45, 7) is 1.88. The van der Waals surface area contributed by atoms with Crippen molar-refractivity contribution in [2.24, 2.45) is 0 Å². The highest BCUT2D eigenvalue weighted by atomic mass is 16.4. The van der Waals surface area contributed by atoms with Crippen molar-refractivity contribution in [2.45, 2.75) is 32.2 Å². The fourth-order valence-electron chi connectivity index (χ4n) is 2.28. The van der Waals surface area contributed by atoms with Crippen molar-refractivity contribution in [3.63, 3.8) is 0 Å². The highest BCUT2D eigenvalue weighted by Crippen LogP contribution is 2.15. The van der Waals surface area contributed by atoms with E-state index in [4.69, 9.17) is 11.5 Å². The van der Waals surface area contributed by atoms with Crippen molar-refractivity contribution < 1.29 is 9.90 Å². The van der Waals surface area contributed by atoms with Gasteiger partial charge in [0, 0.05) is 6.42 Å². The van der Waals surface area contributed by atoms with Gasteiger partial charge in [0.1, 0.15) is 5.82 Å². The van der Waals surface area contributed by atoms with Crippen molar-refractivity contribution >= 4 is 16.9 Å². The second-order valence-electron chi connectivity index (χ2n) is 4.70. The number of para-hydroxylation sites is 1. The maximum Gasteiger partial charge on any atom is 0.303 e. The van der Waals surface area contributed by atoms with Crippen molar-refractivity contribution in [1.82, 2.24) is 9.55 Å². The summed E-state index contributed by atoms with van der Waals surface area (Å²) in [7, 11) is 0. The molecule has 1 atom stereocenters. The van der Waals surface area contributed by atoms with Crippen molar-refractivity contribution in [2.75, 3.05) is 0 Å². The first kappa shape index (κ1) is 14.8. The second-order valence-corrected chi connectivity index (χ2v) is 4.70. The van der Waals surface area contributed by atoms with Gasteiger partial charge in [0.05, 0.1) is 23.4 Å². The molecule has 5 nitrogen and oxygen atoms in total. The maximum absolute atomic E-state index is 12.6. The number of terminal acetylenes is 1. The number of rotatable bonds is 5. The molecule has 0 aliphatic carbocycles. The molecule has 1 heterocycles. The lowest BCUT2D eigenvalue weighted by Gasteiger charge is -2.17. The molecule has 0 spiro atoms. The average molecular weight is 284 g/mol. The third-order valence-corrected chi connectivity index (χ3v) is 3.33. The van der Waals surface area contributed by atoms with E-state index >= 15 is 0 Å². The predicted octanol–water partition coefficient (Wildman–Crippen LogP) is 2.00. The quantitative estimate of drug-likeness (QED) is 0.852. The van der Waals surface area contributed by atoms with Gasteiger partial charge in [-0.25, -0.2) is 4.98 Å². The summed E-state index contributed by atoms with van der Waals surface area (Å²) in [6.07, 6.45) is 6.16. The SMILES string of the molecule is C#CC(CC)n1c(CCC(=O)O)nc2ccccc2c1=O. The zero-order chi connectivity index (χ0) is 15.4. The molecule has 0 bridgehead atoms. The van der Waals surface area contributed by atoms with Gasteiger partial charge in [0.2, 0.25) is 0 Å². The molecule has 1 aromatic carbocycles. The third-order valence-electron chi connectivity index (χ3n) is 3.33. The Bertz CT molecular complexity index is 771. The fraction of sp³-hybridized carbons (Fsp3) is 0.312. The van der Waals surface area contributed by atoms with Crippen LogP contribution in [0.3, 0.4) is 0 Å². The van der Waals surface area contributed by atoms with E-state index in [2.05, 4.69) is 10.9 Å². The third kappa shape index (κ3) is 2.95. The molecule has 1 unspecified atom stereocenters. The lowest BCUT2D eigenvalue weighted by Crippen LogP contribution is -2.29. The van der Waals surface area contributed by atoms with Crippen LogP contribution >= 0.6 is 0 Å². The van der Waals surface area contributed by atoms with Crippen LogP contribution in [0, 0.1) is 12.3 Å². The molecule has 1 aromatic heterocycles. The molecule has 0 aliphatic rings. The summed E-state index contributed by atoms with van der Waals surface area (Å²) < 4.78 is 1.45. The Balaban J connectivity index is 2.68. The van der Waals surface area contributed by atoms with Gasteiger partial charge in [-0.3, -0.25) is 14.2 Å². The predicted molar refractivity (Wildman–Crippen MR) is 80.1 cm³/mol. The number of aromatic nitrogens is 2. The molecule has 0 saturated carbocycles. The van der Waals surface area contributed by atoms with Crippen LogP contribution in [0.15, 0.2) is 29.1 Å². The van der Waals surface area contributed by atoms with E-state index in [1.807, 2.05) is 6.92 Å². The summed E-state index contributed by atoms with van der Waals surface area (Å²) in [4.78, 5) is 27.8. The minimum absolute atomic E-state index is 0.0915. The number of hydrogen-bond donors (Lipinski definition) is 1. The summed E-state index contributed by atoms with van der Waals surface area (Å²) >= 11 is 0. The zero-order valence-electron chi connectivity index (χ0n) is 11.7. The molecule has 0 saturated heterocycles. The fourth-order valence-corrected chi connectivity index (χ4v) is 2.28. The second kappa shape index (κ2) is 6.23. The van der Waals surface area contributed by atoms with Gasteiger partial charge in [-0.15, -0.1) is 6.42 Å². The Kier molecular flexibility index (Phi) is 4.39. The summed E-state index contributed by atoms with van der Waals surface area (Å²) in [5.41, 5.74) is 0.344. The lowest BCUT2D eigenvalue weighted by molar-refractivity contribution is -0.137. The standard InChI is InChI=1S/C16H16N2O3/c1-3-11(4-2)18-14(9-10-15(19)20)17-13-8-6-5-7-12(13)16(18)21/h1,5-8,11H,4,9-10H2,2H3,(H,19,20). The summed E-state index contributed by atoms with van der Waals surface area (Å²) in [5.74, 6) is 2.07. The number of nitrogens with zero attached hydrogens (tertiary/aromatic N) is 2. The van der Waals surface area contributed by atoms with E-state index in [9.17, 15) is 9.59 Å². The van der Waals surface area contributed by atoms with E-state index in [0.29, 0.717) is 23.1 Å². The largest absolute Gasteiger partial charge is 0.481 e. The first-order valence-electron chi connectivity index (χ1n) is 6.76. The van der Waals surface area contributed by atoms with Crippen LogP contribution in [0.25, 0.3) is 10.9 Å². The molecular formula is C16H16N2O3. The van der Waals surface area contributed by atoms with Crippen LogP contribution in [-0.4, -0.2) is 20.6 Å². The summed E-state index contributed by atoms with van der Waals surface area (Å²) in [5, 5.41) is 9.34. The van der Waals surface area contributed by atoms with E-state index < -0.39 is 12.0 Å². The first-order chi connectivity index (χ1) is 10.1. The van der Waals surface area contributed by atoms with Crippen LogP contribution < -0.4 is 5.56 Å². The van der Waals surface area contributed by atoms with Crippen molar-refractivity contribution in [3.8, 4) is 12.3 Å². The van der Waals surface area contributed by atoms with Crippen LogP contribution in [0.5, 0.6) is 0 Å². The number of benzene rings is 1. The number of carbonyl (C=O) groups is 1. The number of carboxylic acid groups (broad SMARTS) is 1. The normalized spacial score (nSPS) is 12.0. The van der Waals surface area contributed by atoms with E-state index in [-0.39, 0.29) is 18.4 Å². The van der Waals surface area contributed by atoms with Gasteiger partial charge in [-0.05, 0) is 18.6 Å². The first-order valence-corrected chi connectivity index (χ1v) is 6.76. The van der Waals surface area contributed by atoms with E-state index in [1.54, 1.807) is 24.3 Å². The Morgan fingerprint density at radius 2 is 2.19 bits per heavy atom. The number of carboxylic acids is 1. The van der Waals surface area contributed by atoms with Gasteiger partial charge >= 0.3 is 5.97 Å². The monoisotopic (exact) mass is 284 g/mol. The molecule has 0 aliphatic heterocycles. The summed E-state index contributed by atoms with van der Waals surface area (Å²) in [6, 6.07) is 6.58. The topological polar surface area (TPSA) is 72.2 Å². The molecule has 2 aromatic rings. The highest BCUT2D eigenvalue weighted by molar-refractivity contribution is 5.77. The number of hydrogen-bond acceptors (Lipinski definition) is 3. The minimum Gasteiger partial charge on any atom is -0.481 e. The molecule has 21 heavy (non-hydrogen) atoms. The number of aryl methyl sites for hydroxylation is 1.